The van der Waals surface area contributed by atoms with Gasteiger partial charge in [0.1, 0.15) is 0 Å². The van der Waals surface area contributed by atoms with Crippen LogP contribution >= 0.6 is 23.7 Å². The predicted octanol–water partition coefficient (Wildman–Crippen LogP) is 3.18. The van der Waals surface area contributed by atoms with Crippen molar-refractivity contribution in [1.82, 2.24) is 4.90 Å². The van der Waals surface area contributed by atoms with Gasteiger partial charge in [0.05, 0.1) is 9.80 Å². The molecule has 0 radical (unpaired) electrons. The lowest BCUT2D eigenvalue weighted by Crippen LogP contribution is -2.47. The van der Waals surface area contributed by atoms with Crippen LogP contribution in [-0.4, -0.2) is 34.9 Å². The smallest absolute Gasteiger partial charge is 0.270 e. The molecule has 1 amide bonds. The molecule has 1 unspecified atom stereocenters. The Bertz CT molecular complexity index is 734. The van der Waals surface area contributed by atoms with Crippen molar-refractivity contribution >= 4 is 45.4 Å². The third-order valence-electron chi connectivity index (χ3n) is 4.08. The topological polar surface area (TPSA) is 89.5 Å². The van der Waals surface area contributed by atoms with Crippen LogP contribution in [0.15, 0.2) is 24.3 Å². The standard InChI is InChI=1S/C15H17N3O3S.ClH/c16-9-12-3-1-2-6-17(12)15(19)14-8-10-7-11(18(20)21)4-5-13(10)22-14;/h4-5,7-8,12H,1-3,6,9,16H2;1H. The average molecular weight is 356 g/mol. The molecule has 1 aromatic carbocycles. The molecule has 23 heavy (non-hydrogen) atoms. The van der Waals surface area contributed by atoms with Crippen LogP contribution in [0.4, 0.5) is 5.69 Å². The van der Waals surface area contributed by atoms with E-state index in [-0.39, 0.29) is 30.0 Å². The number of carbonyl (C=O) groups is 1. The second-order valence-corrected chi connectivity index (χ2v) is 6.56. The first-order chi connectivity index (χ1) is 10.6. The van der Waals surface area contributed by atoms with E-state index in [1.807, 2.05) is 4.90 Å². The molecule has 8 heteroatoms. The fourth-order valence-electron chi connectivity index (χ4n) is 2.90. The Hall–Kier alpha value is -1.70. The second kappa shape index (κ2) is 7.25. The van der Waals surface area contributed by atoms with E-state index in [2.05, 4.69) is 0 Å². The number of thiophene rings is 1. The molecule has 2 heterocycles. The van der Waals surface area contributed by atoms with Gasteiger partial charge in [0.15, 0.2) is 0 Å². The van der Waals surface area contributed by atoms with E-state index in [1.165, 1.54) is 23.5 Å². The molecule has 1 atom stereocenters. The van der Waals surface area contributed by atoms with Gasteiger partial charge in [-0.1, -0.05) is 0 Å². The van der Waals surface area contributed by atoms with Crippen molar-refractivity contribution in [2.45, 2.75) is 25.3 Å². The monoisotopic (exact) mass is 355 g/mol. The van der Waals surface area contributed by atoms with Crippen molar-refractivity contribution in [1.29, 1.82) is 0 Å². The Kier molecular flexibility index (Phi) is 5.56. The van der Waals surface area contributed by atoms with Gasteiger partial charge in [-0.15, -0.1) is 23.7 Å². The van der Waals surface area contributed by atoms with Crippen LogP contribution in [0.2, 0.25) is 0 Å². The Morgan fingerprint density at radius 1 is 1.39 bits per heavy atom. The average Bonchev–Trinajstić information content (AvgIpc) is 2.97. The summed E-state index contributed by atoms with van der Waals surface area (Å²) >= 11 is 1.38. The SMILES string of the molecule is Cl.NCC1CCCCN1C(=O)c1cc2cc([N+](=O)[O-])ccc2s1. The number of fused-ring (bicyclic) bond motifs is 1. The van der Waals surface area contributed by atoms with Gasteiger partial charge in [-0.3, -0.25) is 14.9 Å². The van der Waals surface area contributed by atoms with Crippen LogP contribution < -0.4 is 5.73 Å². The summed E-state index contributed by atoms with van der Waals surface area (Å²) in [5, 5.41) is 11.6. The van der Waals surface area contributed by atoms with Gasteiger partial charge in [-0.25, -0.2) is 0 Å². The second-order valence-electron chi connectivity index (χ2n) is 5.47. The van der Waals surface area contributed by atoms with Crippen molar-refractivity contribution in [2.24, 2.45) is 5.73 Å². The first-order valence-electron chi connectivity index (χ1n) is 7.29. The highest BCUT2D eigenvalue weighted by Gasteiger charge is 2.27. The van der Waals surface area contributed by atoms with Gasteiger partial charge in [-0.05, 0) is 31.4 Å². The van der Waals surface area contributed by atoms with Gasteiger partial charge in [0.2, 0.25) is 0 Å². The number of benzene rings is 1. The zero-order valence-electron chi connectivity index (χ0n) is 12.4. The third-order valence-corrected chi connectivity index (χ3v) is 5.19. The molecule has 1 fully saturated rings. The molecule has 1 saturated heterocycles. The van der Waals surface area contributed by atoms with Crippen LogP contribution in [0, 0.1) is 10.1 Å². The lowest BCUT2D eigenvalue weighted by molar-refractivity contribution is -0.384. The number of nitro groups is 1. The molecule has 0 spiro atoms. The van der Waals surface area contributed by atoms with Crippen LogP contribution in [0.5, 0.6) is 0 Å². The lowest BCUT2D eigenvalue weighted by atomic mass is 10.0. The molecule has 1 aliphatic heterocycles. The normalized spacial score (nSPS) is 17.8. The zero-order valence-corrected chi connectivity index (χ0v) is 14.1. The summed E-state index contributed by atoms with van der Waals surface area (Å²) in [6.07, 6.45) is 3.04. The number of carbonyl (C=O) groups excluding carboxylic acids is 1. The summed E-state index contributed by atoms with van der Waals surface area (Å²) < 4.78 is 0.884. The molecule has 124 valence electrons. The Morgan fingerprint density at radius 2 is 2.17 bits per heavy atom. The molecule has 3 rings (SSSR count). The van der Waals surface area contributed by atoms with Crippen LogP contribution in [0.1, 0.15) is 28.9 Å². The van der Waals surface area contributed by atoms with Crippen LogP contribution in [0.3, 0.4) is 0 Å². The number of nitrogens with two attached hydrogens (primary N) is 1. The Labute approximate surface area is 143 Å². The number of piperidine rings is 1. The summed E-state index contributed by atoms with van der Waals surface area (Å²) in [4.78, 5) is 25.6. The number of amides is 1. The van der Waals surface area contributed by atoms with Gasteiger partial charge in [0, 0.05) is 41.4 Å². The number of nitro benzene ring substituents is 1. The summed E-state index contributed by atoms with van der Waals surface area (Å²) in [5.41, 5.74) is 5.82. The number of nitrogens with zero attached hydrogens (tertiary/aromatic N) is 2. The van der Waals surface area contributed by atoms with E-state index in [1.54, 1.807) is 12.1 Å². The van der Waals surface area contributed by atoms with Gasteiger partial charge in [-0.2, -0.15) is 0 Å². The quantitative estimate of drug-likeness (QED) is 0.676. The zero-order chi connectivity index (χ0) is 15.7. The Morgan fingerprint density at radius 3 is 2.87 bits per heavy atom. The van der Waals surface area contributed by atoms with Crippen LogP contribution in [-0.2, 0) is 0 Å². The molecular formula is C15H18ClN3O3S. The molecular weight excluding hydrogens is 338 g/mol. The summed E-state index contributed by atoms with van der Waals surface area (Å²) in [5.74, 6) is -0.0148. The maximum absolute atomic E-state index is 12.7. The highest BCUT2D eigenvalue weighted by molar-refractivity contribution is 7.20. The van der Waals surface area contributed by atoms with Gasteiger partial charge < -0.3 is 10.6 Å². The van der Waals surface area contributed by atoms with E-state index in [0.29, 0.717) is 11.4 Å². The van der Waals surface area contributed by atoms with Crippen molar-refractivity contribution in [3.8, 4) is 0 Å². The summed E-state index contributed by atoms with van der Waals surface area (Å²) in [6.45, 7) is 1.21. The molecule has 1 aliphatic rings. The Balaban J connectivity index is 0.00000192. The highest BCUT2D eigenvalue weighted by atomic mass is 35.5. The van der Waals surface area contributed by atoms with E-state index in [9.17, 15) is 14.9 Å². The molecule has 0 aliphatic carbocycles. The predicted molar refractivity (Wildman–Crippen MR) is 93.5 cm³/mol. The largest absolute Gasteiger partial charge is 0.334 e. The molecule has 2 aromatic rings. The first-order valence-corrected chi connectivity index (χ1v) is 8.11. The minimum absolute atomic E-state index is 0. The van der Waals surface area contributed by atoms with Crippen molar-refractivity contribution in [2.75, 3.05) is 13.1 Å². The molecule has 1 aromatic heterocycles. The molecule has 0 bridgehead atoms. The number of rotatable bonds is 3. The van der Waals surface area contributed by atoms with Gasteiger partial charge >= 0.3 is 0 Å². The molecule has 6 nitrogen and oxygen atoms in total. The maximum Gasteiger partial charge on any atom is 0.270 e. The van der Waals surface area contributed by atoms with E-state index < -0.39 is 4.92 Å². The van der Waals surface area contributed by atoms with Crippen LogP contribution in [0.25, 0.3) is 10.1 Å². The van der Waals surface area contributed by atoms with Gasteiger partial charge in [0.25, 0.3) is 11.6 Å². The summed E-state index contributed by atoms with van der Waals surface area (Å²) in [7, 11) is 0. The number of non-ortho nitro benzene ring substituents is 1. The lowest BCUT2D eigenvalue weighted by Gasteiger charge is -2.34. The molecule has 0 saturated carbocycles. The summed E-state index contributed by atoms with van der Waals surface area (Å²) in [6, 6.07) is 6.53. The highest BCUT2D eigenvalue weighted by Crippen LogP contribution is 2.31. The minimum atomic E-state index is -0.423. The van der Waals surface area contributed by atoms with E-state index in [4.69, 9.17) is 5.73 Å². The first kappa shape index (κ1) is 17.7. The number of likely N-dealkylation sites (tertiary alicyclic amines) is 1. The molecule has 2 N–H and O–H groups in total. The van der Waals surface area contributed by atoms with E-state index >= 15 is 0 Å². The number of halogens is 1. The van der Waals surface area contributed by atoms with E-state index in [0.717, 1.165) is 35.9 Å². The fourth-order valence-corrected chi connectivity index (χ4v) is 3.90. The minimum Gasteiger partial charge on any atom is -0.334 e. The maximum atomic E-state index is 12.7. The third kappa shape index (κ3) is 3.46. The number of hydrogen-bond donors (Lipinski definition) is 1. The fraction of sp³-hybridized carbons (Fsp3) is 0.400. The van der Waals surface area contributed by atoms with Crippen molar-refractivity contribution in [3.05, 3.63) is 39.3 Å². The van der Waals surface area contributed by atoms with Crippen molar-refractivity contribution < 1.29 is 9.72 Å². The number of hydrogen-bond acceptors (Lipinski definition) is 5. The van der Waals surface area contributed by atoms with Crippen molar-refractivity contribution in [3.63, 3.8) is 0 Å².